The van der Waals surface area contributed by atoms with Crippen molar-refractivity contribution in [1.82, 2.24) is 4.98 Å². The summed E-state index contributed by atoms with van der Waals surface area (Å²) < 4.78 is 6.02. The van der Waals surface area contributed by atoms with Crippen LogP contribution in [0.1, 0.15) is 22.3 Å². The van der Waals surface area contributed by atoms with Crippen LogP contribution in [0.4, 0.5) is 11.4 Å². The highest BCUT2D eigenvalue weighted by atomic mass is 16.6. The summed E-state index contributed by atoms with van der Waals surface area (Å²) in [5.41, 5.74) is 7.52. The van der Waals surface area contributed by atoms with Crippen molar-refractivity contribution < 1.29 is 9.34 Å². The average molecular weight is 411 g/mol. The lowest BCUT2D eigenvalue weighted by Crippen LogP contribution is -1.86. The minimum absolute atomic E-state index is 0.0720. The van der Waals surface area contributed by atoms with Gasteiger partial charge in [0.2, 0.25) is 5.89 Å². The quantitative estimate of drug-likeness (QED) is 0.207. The molecule has 0 unspecified atom stereocenters. The lowest BCUT2D eigenvalue weighted by molar-refractivity contribution is -0.384. The van der Waals surface area contributed by atoms with E-state index in [2.05, 4.69) is 16.0 Å². The topological polar surface area (TPSA) is 81.5 Å². The number of allylic oxidation sites excluding steroid dienone is 1. The first-order valence-corrected chi connectivity index (χ1v) is 9.85. The number of oxazole rings is 1. The Hall–Kier alpha value is -4.06. The van der Waals surface area contributed by atoms with Crippen molar-refractivity contribution in [3.8, 4) is 11.5 Å². The van der Waals surface area contributed by atoms with Crippen molar-refractivity contribution in [2.45, 2.75) is 20.8 Å². The summed E-state index contributed by atoms with van der Waals surface area (Å²) in [6.45, 7) is 6.06. The van der Waals surface area contributed by atoms with E-state index in [1.54, 1.807) is 24.4 Å². The van der Waals surface area contributed by atoms with Gasteiger partial charge in [0.05, 0.1) is 10.6 Å². The Kier molecular flexibility index (Phi) is 5.45. The minimum atomic E-state index is -0.413. The molecule has 31 heavy (non-hydrogen) atoms. The molecule has 0 aliphatic heterocycles. The molecule has 6 heteroatoms. The van der Waals surface area contributed by atoms with Gasteiger partial charge in [0.1, 0.15) is 5.52 Å². The highest BCUT2D eigenvalue weighted by molar-refractivity contribution is 5.83. The van der Waals surface area contributed by atoms with Gasteiger partial charge in [0.15, 0.2) is 5.58 Å². The Morgan fingerprint density at radius 2 is 1.77 bits per heavy atom. The average Bonchev–Trinajstić information content (AvgIpc) is 3.17. The highest BCUT2D eigenvalue weighted by Crippen LogP contribution is 2.30. The van der Waals surface area contributed by atoms with Crippen molar-refractivity contribution >= 4 is 34.8 Å². The fourth-order valence-electron chi connectivity index (χ4n) is 3.37. The highest BCUT2D eigenvalue weighted by Gasteiger charge is 2.12. The number of aryl methyl sites for hydroxylation is 3. The number of aromatic nitrogens is 1. The molecule has 0 amide bonds. The molecule has 0 spiro atoms. The molecule has 3 aromatic carbocycles. The van der Waals surface area contributed by atoms with Crippen LogP contribution in [0.5, 0.6) is 0 Å². The zero-order valence-corrected chi connectivity index (χ0v) is 17.5. The molecule has 0 bridgehead atoms. The number of hydrogen-bond donors (Lipinski definition) is 0. The molecule has 4 rings (SSSR count). The molecule has 0 N–H and O–H groups in total. The van der Waals surface area contributed by atoms with Crippen LogP contribution in [0.3, 0.4) is 0 Å². The molecule has 0 aliphatic carbocycles. The number of nitrogens with zero attached hydrogens (tertiary/aromatic N) is 3. The zero-order chi connectivity index (χ0) is 22.0. The van der Waals surface area contributed by atoms with Crippen LogP contribution in [0, 0.1) is 30.9 Å². The van der Waals surface area contributed by atoms with Gasteiger partial charge >= 0.3 is 0 Å². The fourth-order valence-corrected chi connectivity index (χ4v) is 3.37. The second kappa shape index (κ2) is 8.36. The van der Waals surface area contributed by atoms with E-state index in [-0.39, 0.29) is 5.69 Å². The number of benzene rings is 3. The van der Waals surface area contributed by atoms with Gasteiger partial charge in [0, 0.05) is 23.9 Å². The minimum Gasteiger partial charge on any atom is -0.436 e. The first-order valence-electron chi connectivity index (χ1n) is 9.85. The molecular weight excluding hydrogens is 390 g/mol. The van der Waals surface area contributed by atoms with Gasteiger partial charge in [-0.1, -0.05) is 18.2 Å². The van der Waals surface area contributed by atoms with Crippen molar-refractivity contribution in [3.05, 3.63) is 93.0 Å². The van der Waals surface area contributed by atoms with Crippen LogP contribution >= 0.6 is 0 Å². The summed E-state index contributed by atoms with van der Waals surface area (Å²) in [4.78, 5) is 19.5. The fraction of sp³-hybridized carbons (Fsp3) is 0.120. The van der Waals surface area contributed by atoms with E-state index in [1.165, 1.54) is 12.1 Å². The van der Waals surface area contributed by atoms with E-state index < -0.39 is 4.92 Å². The summed E-state index contributed by atoms with van der Waals surface area (Å²) in [6.07, 6.45) is 5.35. The van der Waals surface area contributed by atoms with E-state index in [9.17, 15) is 10.1 Å². The van der Waals surface area contributed by atoms with Crippen molar-refractivity contribution in [2.24, 2.45) is 4.99 Å². The maximum Gasteiger partial charge on any atom is 0.269 e. The number of fused-ring (bicyclic) bond motifs is 1. The number of non-ortho nitro benzene ring substituents is 1. The van der Waals surface area contributed by atoms with Gasteiger partial charge in [0.25, 0.3) is 5.69 Å². The largest absolute Gasteiger partial charge is 0.436 e. The first kappa shape index (κ1) is 20.2. The lowest BCUT2D eigenvalue weighted by atomic mass is 10.1. The molecule has 1 aromatic heterocycles. The normalized spacial score (nSPS) is 11.7. The smallest absolute Gasteiger partial charge is 0.269 e. The lowest BCUT2D eigenvalue weighted by Gasteiger charge is -2.02. The van der Waals surface area contributed by atoms with Gasteiger partial charge < -0.3 is 4.42 Å². The Morgan fingerprint density at radius 3 is 2.52 bits per heavy atom. The number of rotatable bonds is 5. The Labute approximate surface area is 179 Å². The van der Waals surface area contributed by atoms with Crippen molar-refractivity contribution in [3.63, 3.8) is 0 Å². The predicted octanol–water partition coefficient (Wildman–Crippen LogP) is 6.74. The molecule has 154 valence electrons. The molecule has 0 saturated carbocycles. The van der Waals surface area contributed by atoms with Crippen LogP contribution in [0.2, 0.25) is 0 Å². The number of aliphatic imine (C=N–C) groups is 1. The third kappa shape index (κ3) is 4.43. The van der Waals surface area contributed by atoms with Crippen LogP contribution in [0.15, 0.2) is 70.1 Å². The summed E-state index contributed by atoms with van der Waals surface area (Å²) in [5, 5.41) is 10.7. The van der Waals surface area contributed by atoms with Gasteiger partial charge in [-0.05, 0) is 79.4 Å². The maximum atomic E-state index is 10.7. The number of nitro benzene ring substituents is 1. The molecule has 0 aliphatic rings. The van der Waals surface area contributed by atoms with Crippen LogP contribution in [0.25, 0.3) is 28.6 Å². The SMILES string of the molecule is Cc1cc(C)c2oc(-c3ccc(C)c(N=C/C=C/c4ccc([N+](=O)[O-])cc4)c3)nc2c1. The second-order valence-electron chi connectivity index (χ2n) is 7.44. The predicted molar refractivity (Wildman–Crippen MR) is 124 cm³/mol. The van der Waals surface area contributed by atoms with Crippen LogP contribution < -0.4 is 0 Å². The molecule has 0 fully saturated rings. The van der Waals surface area contributed by atoms with Crippen LogP contribution in [-0.4, -0.2) is 16.1 Å². The van der Waals surface area contributed by atoms with E-state index in [4.69, 9.17) is 4.42 Å². The van der Waals surface area contributed by atoms with Crippen molar-refractivity contribution in [2.75, 3.05) is 0 Å². The summed E-state index contributed by atoms with van der Waals surface area (Å²) in [7, 11) is 0. The third-order valence-corrected chi connectivity index (χ3v) is 4.97. The van der Waals surface area contributed by atoms with Gasteiger partial charge in [-0.3, -0.25) is 15.1 Å². The first-order chi connectivity index (χ1) is 14.9. The van der Waals surface area contributed by atoms with Gasteiger partial charge in [-0.2, -0.15) is 0 Å². The summed E-state index contributed by atoms with van der Waals surface area (Å²) >= 11 is 0. The van der Waals surface area contributed by atoms with Crippen molar-refractivity contribution in [1.29, 1.82) is 0 Å². The van der Waals surface area contributed by atoms with E-state index in [0.717, 1.165) is 44.6 Å². The Morgan fingerprint density at radius 1 is 1.00 bits per heavy atom. The molecule has 0 saturated heterocycles. The van der Waals surface area contributed by atoms with Crippen LogP contribution in [-0.2, 0) is 0 Å². The van der Waals surface area contributed by atoms with Gasteiger partial charge in [-0.15, -0.1) is 0 Å². The zero-order valence-electron chi connectivity index (χ0n) is 17.5. The molecule has 4 aromatic rings. The maximum absolute atomic E-state index is 10.7. The monoisotopic (exact) mass is 411 g/mol. The second-order valence-corrected chi connectivity index (χ2v) is 7.44. The summed E-state index contributed by atoms with van der Waals surface area (Å²) in [6, 6.07) is 16.4. The molecular formula is C25H21N3O3. The number of hydrogen-bond acceptors (Lipinski definition) is 5. The molecule has 0 atom stereocenters. The Bertz CT molecular complexity index is 1330. The molecule has 0 radical (unpaired) electrons. The number of nitro groups is 1. The molecule has 6 nitrogen and oxygen atoms in total. The standard InChI is InChI=1S/C25H21N3O3/c1-16-13-18(3)24-23(14-16)27-25(31-24)20-9-6-17(2)22(15-20)26-12-4-5-19-7-10-21(11-8-19)28(29)30/h4-15H,1-3H3/b5-4+,26-12?. The molecule has 1 heterocycles. The van der Waals surface area contributed by atoms with E-state index in [1.807, 2.05) is 51.1 Å². The summed E-state index contributed by atoms with van der Waals surface area (Å²) in [5.74, 6) is 0.571. The third-order valence-electron chi connectivity index (χ3n) is 4.97. The van der Waals surface area contributed by atoms with Gasteiger partial charge in [-0.25, -0.2) is 4.98 Å². The van der Waals surface area contributed by atoms with E-state index >= 15 is 0 Å². The van der Waals surface area contributed by atoms with E-state index in [0.29, 0.717) is 5.89 Å². The Balaban J connectivity index is 1.56.